The second kappa shape index (κ2) is 6.88. The van der Waals surface area contributed by atoms with Gasteiger partial charge in [0.05, 0.1) is 0 Å². The molecule has 0 radical (unpaired) electrons. The van der Waals surface area contributed by atoms with E-state index in [2.05, 4.69) is 60.1 Å². The van der Waals surface area contributed by atoms with Gasteiger partial charge in [0, 0.05) is 10.4 Å². The van der Waals surface area contributed by atoms with Crippen molar-refractivity contribution in [2.24, 2.45) is 0 Å². The number of benzene rings is 1. The Morgan fingerprint density at radius 1 is 1.08 bits per heavy atom. The van der Waals surface area contributed by atoms with E-state index < -0.39 is 0 Å². The Balaban J connectivity index is 1.73. The minimum absolute atomic E-state index is 0.575. The van der Waals surface area contributed by atoms with Crippen LogP contribution in [0.4, 0.5) is 15.8 Å². The number of hydrogen-bond donors (Lipinski definition) is 2. The number of thiazole rings is 1. The normalized spacial score (nSPS) is 10.8. The summed E-state index contributed by atoms with van der Waals surface area (Å²) in [6.45, 7) is 9.68. The Morgan fingerprint density at radius 2 is 1.83 bits per heavy atom. The lowest BCUT2D eigenvalue weighted by atomic mass is 10.1. The molecule has 9 heteroatoms. The van der Waals surface area contributed by atoms with E-state index in [9.17, 15) is 5.21 Å². The van der Waals surface area contributed by atoms with Crippen molar-refractivity contribution in [2.75, 3.05) is 5.32 Å². The van der Waals surface area contributed by atoms with Gasteiger partial charge in [0.1, 0.15) is 6.20 Å². The predicted molar refractivity (Wildman–Crippen MR) is 98.9 cm³/mol. The summed E-state index contributed by atoms with van der Waals surface area (Å²) in [5.41, 5.74) is 4.72. The van der Waals surface area contributed by atoms with Crippen LogP contribution in [0.25, 0.3) is 0 Å². The van der Waals surface area contributed by atoms with Gasteiger partial charge in [-0.3, -0.25) is 5.21 Å². The maximum Gasteiger partial charge on any atom is 0.331 e. The van der Waals surface area contributed by atoms with Crippen LogP contribution in [0.15, 0.2) is 27.0 Å². The monoisotopic (exact) mass is 378 g/mol. The first-order chi connectivity index (χ1) is 11.4. The van der Waals surface area contributed by atoms with Crippen LogP contribution in [0.3, 0.4) is 0 Å². The van der Waals surface area contributed by atoms with Crippen molar-refractivity contribution in [3.8, 4) is 0 Å². The molecule has 0 aliphatic rings. The highest BCUT2D eigenvalue weighted by molar-refractivity contribution is 8.02. The molecule has 124 valence electrons. The van der Waals surface area contributed by atoms with Crippen LogP contribution >= 0.6 is 34.4 Å². The minimum atomic E-state index is 0.575. The van der Waals surface area contributed by atoms with Crippen LogP contribution in [0.1, 0.15) is 16.7 Å². The Kier molecular flexibility index (Phi) is 4.83. The maximum absolute atomic E-state index is 9.29. The third-order valence-corrected chi connectivity index (χ3v) is 6.37. The third kappa shape index (κ3) is 3.74. The molecule has 0 saturated heterocycles. The highest BCUT2D eigenvalue weighted by Crippen LogP contribution is 2.37. The summed E-state index contributed by atoms with van der Waals surface area (Å²) < 4.78 is 2.36. The zero-order valence-electron chi connectivity index (χ0n) is 13.4. The first kappa shape index (κ1) is 16.9. The third-order valence-electron chi connectivity index (χ3n) is 3.39. The molecule has 24 heavy (non-hydrogen) atoms. The van der Waals surface area contributed by atoms with Crippen molar-refractivity contribution < 1.29 is 9.95 Å². The van der Waals surface area contributed by atoms with Gasteiger partial charge in [0.2, 0.25) is 5.13 Å². The Morgan fingerprint density at radius 3 is 2.54 bits per heavy atom. The van der Waals surface area contributed by atoms with Gasteiger partial charge in [-0.15, -0.1) is 10.2 Å². The number of aryl methyl sites for hydroxylation is 3. The predicted octanol–water partition coefficient (Wildman–Crippen LogP) is 4.55. The zero-order chi connectivity index (χ0) is 17.3. The standard InChI is InChI=1S/C15H16N5OS3/c1-8-5-10(3)11(6-9(8)2)17-13-18-19-15(23-13)24-14-16-7-12(22-14)20(4)21/h5-7,21H,4H2,1-3H3,(H,17,18)/q+1. The number of rotatable bonds is 5. The highest BCUT2D eigenvalue weighted by Gasteiger charge is 2.14. The molecule has 3 aromatic rings. The summed E-state index contributed by atoms with van der Waals surface area (Å²) in [6.07, 6.45) is 1.57. The molecule has 2 aromatic heterocycles. The van der Waals surface area contributed by atoms with Gasteiger partial charge in [-0.1, -0.05) is 17.4 Å². The molecule has 6 nitrogen and oxygen atoms in total. The molecule has 0 aliphatic carbocycles. The SMILES string of the molecule is C=[N+](O)c1cnc(Sc2nnc(Nc3cc(C)c(C)cc3C)s2)s1. The van der Waals surface area contributed by atoms with Crippen molar-refractivity contribution >= 4 is 57.0 Å². The maximum atomic E-state index is 9.29. The molecule has 0 spiro atoms. The molecule has 0 atom stereocenters. The molecule has 2 heterocycles. The average Bonchev–Trinajstić information content (AvgIpc) is 3.15. The molecule has 0 bridgehead atoms. The van der Waals surface area contributed by atoms with Crippen molar-refractivity contribution in [2.45, 2.75) is 29.5 Å². The van der Waals surface area contributed by atoms with Gasteiger partial charge < -0.3 is 5.32 Å². The van der Waals surface area contributed by atoms with E-state index in [-0.39, 0.29) is 0 Å². The number of anilines is 2. The minimum Gasteiger partial charge on any atom is -0.330 e. The van der Waals surface area contributed by atoms with Gasteiger partial charge in [-0.2, -0.15) is 0 Å². The molecule has 0 aliphatic heterocycles. The number of nitrogens with zero attached hydrogens (tertiary/aromatic N) is 4. The Hall–Kier alpha value is -1.97. The number of nitrogens with one attached hydrogen (secondary N) is 1. The van der Waals surface area contributed by atoms with Crippen LogP contribution in [0, 0.1) is 20.8 Å². The van der Waals surface area contributed by atoms with E-state index in [0.717, 1.165) is 24.2 Å². The summed E-state index contributed by atoms with van der Waals surface area (Å²) in [4.78, 5) is 4.22. The van der Waals surface area contributed by atoms with Gasteiger partial charge in [0.25, 0.3) is 0 Å². The average molecular weight is 379 g/mol. The summed E-state index contributed by atoms with van der Waals surface area (Å²) in [5.74, 6) is 0. The van der Waals surface area contributed by atoms with Crippen molar-refractivity contribution in [3.05, 3.63) is 35.0 Å². The second-order valence-electron chi connectivity index (χ2n) is 5.22. The van der Waals surface area contributed by atoms with Crippen molar-refractivity contribution in [1.82, 2.24) is 15.2 Å². The molecule has 2 N–H and O–H groups in total. The van der Waals surface area contributed by atoms with Crippen molar-refractivity contribution in [3.63, 3.8) is 0 Å². The van der Waals surface area contributed by atoms with Gasteiger partial charge in [0.15, 0.2) is 15.4 Å². The van der Waals surface area contributed by atoms with Crippen LogP contribution in [-0.2, 0) is 0 Å². The van der Waals surface area contributed by atoms with Crippen LogP contribution in [0.5, 0.6) is 0 Å². The number of aromatic nitrogens is 3. The molecule has 0 saturated carbocycles. The summed E-state index contributed by atoms with van der Waals surface area (Å²) >= 11 is 4.22. The van der Waals surface area contributed by atoms with E-state index in [4.69, 9.17) is 0 Å². The first-order valence-corrected chi connectivity index (χ1v) is 9.49. The highest BCUT2D eigenvalue weighted by atomic mass is 32.2. The summed E-state index contributed by atoms with van der Waals surface area (Å²) in [7, 11) is 0. The lowest BCUT2D eigenvalue weighted by molar-refractivity contribution is -0.703. The molecule has 3 rings (SSSR count). The van der Waals surface area contributed by atoms with Gasteiger partial charge in [-0.25, -0.2) is 4.98 Å². The van der Waals surface area contributed by atoms with Crippen LogP contribution in [-0.4, -0.2) is 31.8 Å². The number of hydrogen-bond acceptors (Lipinski definition) is 8. The van der Waals surface area contributed by atoms with E-state index >= 15 is 0 Å². The fourth-order valence-electron chi connectivity index (χ4n) is 2.00. The van der Waals surface area contributed by atoms with E-state index in [0.29, 0.717) is 5.00 Å². The summed E-state index contributed by atoms with van der Waals surface area (Å²) in [5, 5.41) is 22.3. The molecule has 1 aromatic carbocycles. The summed E-state index contributed by atoms with van der Waals surface area (Å²) in [6, 6.07) is 4.28. The molecule has 0 fully saturated rings. The smallest absolute Gasteiger partial charge is 0.330 e. The van der Waals surface area contributed by atoms with Crippen LogP contribution < -0.4 is 5.32 Å². The topological polar surface area (TPSA) is 73.9 Å². The largest absolute Gasteiger partial charge is 0.331 e. The lowest BCUT2D eigenvalue weighted by Crippen LogP contribution is -1.95. The van der Waals surface area contributed by atoms with E-state index in [1.165, 1.54) is 51.1 Å². The fourth-order valence-corrected chi connectivity index (χ4v) is 4.78. The molecular formula is C15H16N5OS3+. The van der Waals surface area contributed by atoms with Gasteiger partial charge in [-0.05, 0) is 66.6 Å². The molecular weight excluding hydrogens is 362 g/mol. The van der Waals surface area contributed by atoms with Crippen molar-refractivity contribution in [1.29, 1.82) is 0 Å². The van der Waals surface area contributed by atoms with E-state index in [1.54, 1.807) is 6.20 Å². The lowest BCUT2D eigenvalue weighted by Gasteiger charge is -2.09. The zero-order valence-corrected chi connectivity index (χ0v) is 15.8. The van der Waals surface area contributed by atoms with Gasteiger partial charge >= 0.3 is 5.00 Å². The Bertz CT molecular complexity index is 902. The quantitative estimate of drug-likeness (QED) is 0.294. The molecule has 0 unspecified atom stereocenters. The Labute approximate surface area is 151 Å². The fraction of sp³-hybridized carbons (Fsp3) is 0.200. The molecule has 0 amide bonds. The second-order valence-corrected chi connectivity index (χ2v) is 8.70. The van der Waals surface area contributed by atoms with Crippen LogP contribution in [0.2, 0.25) is 0 Å². The first-order valence-electron chi connectivity index (χ1n) is 7.04. The van der Waals surface area contributed by atoms with E-state index in [1.807, 2.05) is 0 Å².